The number of halogens is 2. The van der Waals surface area contributed by atoms with Crippen molar-refractivity contribution in [1.82, 2.24) is 15.1 Å². The lowest BCUT2D eigenvalue weighted by Crippen LogP contribution is -2.16. The van der Waals surface area contributed by atoms with Crippen LogP contribution in [0.4, 0.5) is 8.78 Å². The first kappa shape index (κ1) is 14.2. The van der Waals surface area contributed by atoms with Crippen LogP contribution in [-0.2, 0) is 13.1 Å². The zero-order valence-corrected chi connectivity index (χ0v) is 12.3. The third-order valence-corrected chi connectivity index (χ3v) is 3.99. The lowest BCUT2D eigenvalue weighted by molar-refractivity contribution is 0.505. The van der Waals surface area contributed by atoms with E-state index in [0.29, 0.717) is 18.2 Å². The van der Waals surface area contributed by atoms with Crippen LogP contribution in [0.1, 0.15) is 35.4 Å². The SMILES string of the molecule is Cc1nn(Cc2ccc(F)c(F)c2)c(C)c1CNC1CC1. The lowest BCUT2D eigenvalue weighted by Gasteiger charge is -2.07. The summed E-state index contributed by atoms with van der Waals surface area (Å²) < 4.78 is 28.1. The van der Waals surface area contributed by atoms with Crippen molar-refractivity contribution in [2.24, 2.45) is 0 Å². The smallest absolute Gasteiger partial charge is 0.159 e. The number of rotatable bonds is 5. The van der Waals surface area contributed by atoms with E-state index in [-0.39, 0.29) is 0 Å². The summed E-state index contributed by atoms with van der Waals surface area (Å²) in [4.78, 5) is 0. The molecule has 0 radical (unpaired) electrons. The summed E-state index contributed by atoms with van der Waals surface area (Å²) in [5, 5.41) is 8.00. The van der Waals surface area contributed by atoms with Gasteiger partial charge in [-0.2, -0.15) is 5.10 Å². The molecule has 0 spiro atoms. The molecule has 112 valence electrons. The average Bonchev–Trinajstić information content (AvgIpc) is 3.22. The molecule has 1 heterocycles. The van der Waals surface area contributed by atoms with E-state index in [4.69, 9.17) is 0 Å². The molecular weight excluding hydrogens is 272 g/mol. The van der Waals surface area contributed by atoms with Gasteiger partial charge in [0.2, 0.25) is 0 Å². The zero-order valence-electron chi connectivity index (χ0n) is 12.3. The molecule has 1 aliphatic carbocycles. The van der Waals surface area contributed by atoms with Crippen LogP contribution in [0.25, 0.3) is 0 Å². The van der Waals surface area contributed by atoms with Crippen molar-refractivity contribution in [3.8, 4) is 0 Å². The highest BCUT2D eigenvalue weighted by Crippen LogP contribution is 2.21. The highest BCUT2D eigenvalue weighted by Gasteiger charge is 2.21. The molecule has 0 saturated heterocycles. The van der Waals surface area contributed by atoms with Crippen molar-refractivity contribution in [2.45, 2.75) is 45.8 Å². The number of hydrogen-bond acceptors (Lipinski definition) is 2. The molecule has 0 amide bonds. The van der Waals surface area contributed by atoms with Gasteiger partial charge < -0.3 is 5.32 Å². The van der Waals surface area contributed by atoms with E-state index in [1.54, 1.807) is 6.07 Å². The molecular formula is C16H19F2N3. The Labute approximate surface area is 123 Å². The minimum absolute atomic E-state index is 0.452. The third-order valence-electron chi connectivity index (χ3n) is 3.99. The topological polar surface area (TPSA) is 29.9 Å². The summed E-state index contributed by atoms with van der Waals surface area (Å²) in [6.45, 7) is 5.27. The monoisotopic (exact) mass is 291 g/mol. The van der Waals surface area contributed by atoms with Crippen LogP contribution in [0.3, 0.4) is 0 Å². The molecule has 5 heteroatoms. The van der Waals surface area contributed by atoms with Crippen molar-refractivity contribution in [3.63, 3.8) is 0 Å². The van der Waals surface area contributed by atoms with Gasteiger partial charge in [-0.3, -0.25) is 4.68 Å². The van der Waals surface area contributed by atoms with Crippen LogP contribution in [-0.4, -0.2) is 15.8 Å². The summed E-state index contributed by atoms with van der Waals surface area (Å²) in [5.41, 5.74) is 3.97. The first-order valence-corrected chi connectivity index (χ1v) is 7.25. The van der Waals surface area contributed by atoms with E-state index in [2.05, 4.69) is 10.4 Å². The van der Waals surface area contributed by atoms with Crippen LogP contribution >= 0.6 is 0 Å². The van der Waals surface area contributed by atoms with Gasteiger partial charge >= 0.3 is 0 Å². The molecule has 0 unspecified atom stereocenters. The van der Waals surface area contributed by atoms with E-state index in [0.717, 1.165) is 24.0 Å². The fourth-order valence-corrected chi connectivity index (χ4v) is 2.49. The number of nitrogens with zero attached hydrogens (tertiary/aromatic N) is 2. The fourth-order valence-electron chi connectivity index (χ4n) is 2.49. The minimum atomic E-state index is -0.818. The first-order valence-electron chi connectivity index (χ1n) is 7.25. The Bertz CT molecular complexity index is 660. The lowest BCUT2D eigenvalue weighted by atomic mass is 10.2. The second-order valence-corrected chi connectivity index (χ2v) is 5.71. The normalized spacial score (nSPS) is 14.7. The second kappa shape index (κ2) is 5.56. The molecule has 1 saturated carbocycles. The van der Waals surface area contributed by atoms with E-state index >= 15 is 0 Å². The highest BCUT2D eigenvalue weighted by atomic mass is 19.2. The van der Waals surface area contributed by atoms with Gasteiger partial charge in [0.25, 0.3) is 0 Å². The minimum Gasteiger partial charge on any atom is -0.310 e. The Hall–Kier alpha value is -1.75. The van der Waals surface area contributed by atoms with Gasteiger partial charge in [-0.15, -0.1) is 0 Å². The van der Waals surface area contributed by atoms with Gasteiger partial charge in [-0.05, 0) is 44.4 Å². The third kappa shape index (κ3) is 3.13. The Morgan fingerprint density at radius 2 is 2.00 bits per heavy atom. The molecule has 1 aliphatic rings. The van der Waals surface area contributed by atoms with E-state index in [1.165, 1.54) is 24.5 Å². The maximum absolute atomic E-state index is 13.3. The van der Waals surface area contributed by atoms with Crippen molar-refractivity contribution in [1.29, 1.82) is 0 Å². The standard InChI is InChI=1S/C16H19F2N3/c1-10-14(8-19-13-4-5-13)11(2)21(20-10)9-12-3-6-15(17)16(18)7-12/h3,6-7,13,19H,4-5,8-9H2,1-2H3. The number of aryl methyl sites for hydroxylation is 1. The molecule has 1 aromatic carbocycles. The number of benzene rings is 1. The average molecular weight is 291 g/mol. The Morgan fingerprint density at radius 1 is 1.24 bits per heavy atom. The van der Waals surface area contributed by atoms with Crippen molar-refractivity contribution in [3.05, 3.63) is 52.3 Å². The van der Waals surface area contributed by atoms with Gasteiger partial charge in [0.15, 0.2) is 11.6 Å². The number of aromatic nitrogens is 2. The largest absolute Gasteiger partial charge is 0.310 e. The van der Waals surface area contributed by atoms with Crippen LogP contribution < -0.4 is 5.32 Å². The molecule has 3 rings (SSSR count). The molecule has 0 aliphatic heterocycles. The molecule has 21 heavy (non-hydrogen) atoms. The summed E-state index contributed by atoms with van der Waals surface area (Å²) in [7, 11) is 0. The molecule has 2 aromatic rings. The fraction of sp³-hybridized carbons (Fsp3) is 0.438. The molecule has 0 atom stereocenters. The van der Waals surface area contributed by atoms with E-state index < -0.39 is 11.6 Å². The maximum atomic E-state index is 13.3. The van der Waals surface area contributed by atoms with Crippen LogP contribution in [0.2, 0.25) is 0 Å². The molecule has 1 fully saturated rings. The molecule has 0 bridgehead atoms. The maximum Gasteiger partial charge on any atom is 0.159 e. The van der Waals surface area contributed by atoms with Gasteiger partial charge in [0, 0.05) is 23.8 Å². The first-order chi connectivity index (χ1) is 10.0. The quantitative estimate of drug-likeness (QED) is 0.917. The van der Waals surface area contributed by atoms with Crippen LogP contribution in [0.15, 0.2) is 18.2 Å². The van der Waals surface area contributed by atoms with Crippen molar-refractivity contribution in [2.75, 3.05) is 0 Å². The van der Waals surface area contributed by atoms with Gasteiger partial charge in [-0.1, -0.05) is 6.07 Å². The van der Waals surface area contributed by atoms with Crippen LogP contribution in [0, 0.1) is 25.5 Å². The van der Waals surface area contributed by atoms with Crippen molar-refractivity contribution >= 4 is 0 Å². The summed E-state index contributed by atoms with van der Waals surface area (Å²) in [5.74, 6) is -1.63. The zero-order chi connectivity index (χ0) is 15.0. The Kier molecular flexibility index (Phi) is 3.76. The van der Waals surface area contributed by atoms with Gasteiger partial charge in [-0.25, -0.2) is 8.78 Å². The summed E-state index contributed by atoms with van der Waals surface area (Å²) in [6, 6.07) is 4.63. The molecule has 1 N–H and O–H groups in total. The second-order valence-electron chi connectivity index (χ2n) is 5.71. The molecule has 1 aromatic heterocycles. The summed E-state index contributed by atoms with van der Waals surface area (Å²) in [6.07, 6.45) is 2.50. The predicted molar refractivity (Wildman–Crippen MR) is 77.0 cm³/mol. The highest BCUT2D eigenvalue weighted by molar-refractivity contribution is 5.26. The van der Waals surface area contributed by atoms with Crippen LogP contribution in [0.5, 0.6) is 0 Å². The molecule has 3 nitrogen and oxygen atoms in total. The Balaban J connectivity index is 1.78. The van der Waals surface area contributed by atoms with E-state index in [9.17, 15) is 8.78 Å². The van der Waals surface area contributed by atoms with Gasteiger partial charge in [0.05, 0.1) is 12.2 Å². The van der Waals surface area contributed by atoms with E-state index in [1.807, 2.05) is 18.5 Å². The Morgan fingerprint density at radius 3 is 2.67 bits per heavy atom. The number of hydrogen-bond donors (Lipinski definition) is 1. The van der Waals surface area contributed by atoms with Crippen molar-refractivity contribution < 1.29 is 8.78 Å². The number of nitrogens with one attached hydrogen (secondary N) is 1. The summed E-state index contributed by atoms with van der Waals surface area (Å²) >= 11 is 0. The van der Waals surface area contributed by atoms with Gasteiger partial charge in [0.1, 0.15) is 0 Å². The predicted octanol–water partition coefficient (Wildman–Crippen LogP) is 3.08.